The van der Waals surface area contributed by atoms with Gasteiger partial charge in [0.25, 0.3) is 5.91 Å². The van der Waals surface area contributed by atoms with Crippen molar-refractivity contribution in [2.45, 2.75) is 4.90 Å². The largest absolute Gasteiger partial charge is 0.378 e. The van der Waals surface area contributed by atoms with Gasteiger partial charge in [0.2, 0.25) is 0 Å². The molecular formula is C16H11FN2O4S2. The number of nitrogens with one attached hydrogen (secondary N) is 1. The molecule has 2 aromatic carbocycles. The second-order valence-electron chi connectivity index (χ2n) is 4.76. The maximum absolute atomic E-state index is 13.8. The zero-order valence-electron chi connectivity index (χ0n) is 12.5. The number of anilines is 1. The molecule has 3 rings (SSSR count). The zero-order chi connectivity index (χ0) is 17.9. The molecule has 0 atom stereocenters. The number of nitrogens with zero attached hydrogens (tertiary/aromatic N) is 1. The average Bonchev–Trinajstić information content (AvgIpc) is 3.08. The van der Waals surface area contributed by atoms with Crippen LogP contribution in [0.2, 0.25) is 0 Å². The molecule has 0 bridgehead atoms. The molecule has 25 heavy (non-hydrogen) atoms. The molecule has 0 aliphatic heterocycles. The Labute approximate surface area is 147 Å². The van der Waals surface area contributed by atoms with Crippen molar-refractivity contribution in [3.63, 3.8) is 0 Å². The first kappa shape index (κ1) is 17.1. The fraction of sp³-hybridized carbons (Fsp3) is 0. The summed E-state index contributed by atoms with van der Waals surface area (Å²) in [5.74, 6) is -1.73. The summed E-state index contributed by atoms with van der Waals surface area (Å²) in [7, 11) is -4.43. The third-order valence-corrected chi connectivity index (χ3v) is 5.05. The van der Waals surface area contributed by atoms with Crippen molar-refractivity contribution < 1.29 is 21.8 Å². The number of amides is 1. The van der Waals surface area contributed by atoms with Crippen LogP contribution in [-0.2, 0) is 10.1 Å². The summed E-state index contributed by atoms with van der Waals surface area (Å²) in [5.41, 5.74) is -0.0161. The topological polar surface area (TPSA) is 85.4 Å². The number of halogens is 1. The van der Waals surface area contributed by atoms with E-state index in [1.165, 1.54) is 47.9 Å². The van der Waals surface area contributed by atoms with Gasteiger partial charge in [0.15, 0.2) is 10.9 Å². The molecule has 1 heterocycles. The van der Waals surface area contributed by atoms with Crippen molar-refractivity contribution in [2.75, 3.05) is 5.32 Å². The van der Waals surface area contributed by atoms with Crippen molar-refractivity contribution in [1.82, 2.24) is 4.98 Å². The number of carbonyl (C=O) groups excluding carboxylic acids is 1. The second-order valence-corrected chi connectivity index (χ2v) is 7.16. The molecule has 0 unspecified atom stereocenters. The first-order valence-corrected chi connectivity index (χ1v) is 9.25. The van der Waals surface area contributed by atoms with Crippen molar-refractivity contribution >= 4 is 32.5 Å². The summed E-state index contributed by atoms with van der Waals surface area (Å²) in [6.45, 7) is 0. The number of para-hydroxylation sites is 1. The lowest BCUT2D eigenvalue weighted by Crippen LogP contribution is -2.17. The Morgan fingerprint density at radius 3 is 2.56 bits per heavy atom. The quantitative estimate of drug-likeness (QED) is 0.689. The maximum atomic E-state index is 13.8. The van der Waals surface area contributed by atoms with Crippen molar-refractivity contribution in [1.29, 1.82) is 0 Å². The van der Waals surface area contributed by atoms with Gasteiger partial charge in [-0.3, -0.25) is 10.1 Å². The van der Waals surface area contributed by atoms with Gasteiger partial charge in [0, 0.05) is 11.6 Å². The van der Waals surface area contributed by atoms with Gasteiger partial charge in [-0.2, -0.15) is 8.42 Å². The molecule has 0 aliphatic rings. The summed E-state index contributed by atoms with van der Waals surface area (Å²) in [4.78, 5) is 15.6. The van der Waals surface area contributed by atoms with E-state index < -0.39 is 26.7 Å². The Morgan fingerprint density at radius 1 is 1.12 bits per heavy atom. The van der Waals surface area contributed by atoms with Crippen LogP contribution in [0.15, 0.2) is 65.0 Å². The number of carbonyl (C=O) groups is 1. The molecule has 0 saturated carbocycles. The fourth-order valence-corrected chi connectivity index (χ4v) is 3.53. The normalized spacial score (nSPS) is 11.1. The molecule has 1 aromatic heterocycles. The van der Waals surface area contributed by atoms with Gasteiger partial charge < -0.3 is 4.18 Å². The highest BCUT2D eigenvalue weighted by Crippen LogP contribution is 2.25. The van der Waals surface area contributed by atoms with Crippen molar-refractivity contribution in [2.24, 2.45) is 0 Å². The molecule has 0 fully saturated rings. The third-order valence-electron chi connectivity index (χ3n) is 3.09. The molecule has 0 aliphatic carbocycles. The highest BCUT2D eigenvalue weighted by atomic mass is 32.2. The Bertz CT molecular complexity index is 1000. The minimum atomic E-state index is -4.43. The van der Waals surface area contributed by atoms with E-state index in [9.17, 15) is 17.6 Å². The Hall–Kier alpha value is -2.78. The highest BCUT2D eigenvalue weighted by Gasteiger charge is 2.24. The predicted octanol–water partition coefficient (Wildman–Crippen LogP) is 3.30. The van der Waals surface area contributed by atoms with Gasteiger partial charge in [0.05, 0.1) is 5.56 Å². The van der Waals surface area contributed by atoms with Crippen LogP contribution in [0, 0.1) is 5.82 Å². The lowest BCUT2D eigenvalue weighted by molar-refractivity contribution is 0.102. The van der Waals surface area contributed by atoms with Crippen LogP contribution in [0.4, 0.5) is 9.52 Å². The average molecular weight is 378 g/mol. The Morgan fingerprint density at radius 2 is 1.84 bits per heavy atom. The fourth-order valence-electron chi connectivity index (χ4n) is 1.99. The van der Waals surface area contributed by atoms with Crippen LogP contribution < -0.4 is 9.50 Å². The molecule has 0 spiro atoms. The molecule has 6 nitrogen and oxygen atoms in total. The molecule has 0 saturated heterocycles. The van der Waals surface area contributed by atoms with Gasteiger partial charge >= 0.3 is 10.1 Å². The molecular weight excluding hydrogens is 367 g/mol. The minimum Gasteiger partial charge on any atom is -0.378 e. The summed E-state index contributed by atoms with van der Waals surface area (Å²) < 4.78 is 43.4. The number of thiazole rings is 1. The number of benzene rings is 2. The second kappa shape index (κ2) is 6.99. The van der Waals surface area contributed by atoms with Gasteiger partial charge in [-0.25, -0.2) is 9.37 Å². The lowest BCUT2D eigenvalue weighted by Gasteiger charge is -2.11. The SMILES string of the molecule is O=C(Nc1nccs1)c1ccccc1OS(=O)(=O)c1ccccc1F. The smallest absolute Gasteiger partial charge is 0.342 e. The highest BCUT2D eigenvalue weighted by molar-refractivity contribution is 7.87. The molecule has 3 aromatic rings. The van der Waals surface area contributed by atoms with Crippen molar-refractivity contribution in [3.8, 4) is 5.75 Å². The van der Waals surface area contributed by atoms with E-state index in [-0.39, 0.29) is 11.3 Å². The summed E-state index contributed by atoms with van der Waals surface area (Å²) in [5, 5.41) is 4.57. The van der Waals surface area contributed by atoms with E-state index in [0.717, 1.165) is 12.1 Å². The van der Waals surface area contributed by atoms with E-state index >= 15 is 0 Å². The number of hydrogen-bond acceptors (Lipinski definition) is 6. The van der Waals surface area contributed by atoms with E-state index in [2.05, 4.69) is 10.3 Å². The number of aromatic nitrogens is 1. The zero-order valence-corrected chi connectivity index (χ0v) is 14.2. The molecule has 9 heteroatoms. The van der Waals surface area contributed by atoms with Crippen LogP contribution in [0.3, 0.4) is 0 Å². The Kier molecular flexibility index (Phi) is 4.77. The predicted molar refractivity (Wildman–Crippen MR) is 90.7 cm³/mol. The minimum absolute atomic E-state index is 0.0161. The summed E-state index contributed by atoms with van der Waals surface area (Å²) >= 11 is 1.21. The van der Waals surface area contributed by atoms with Crippen LogP contribution in [0.5, 0.6) is 5.75 Å². The molecule has 128 valence electrons. The number of hydrogen-bond donors (Lipinski definition) is 1. The van der Waals surface area contributed by atoms with Gasteiger partial charge in [0.1, 0.15) is 10.7 Å². The van der Waals surface area contributed by atoms with Crippen LogP contribution >= 0.6 is 11.3 Å². The summed E-state index contributed by atoms with van der Waals surface area (Å²) in [6.07, 6.45) is 1.52. The third kappa shape index (κ3) is 3.83. The lowest BCUT2D eigenvalue weighted by atomic mass is 10.2. The van der Waals surface area contributed by atoms with E-state index in [1.54, 1.807) is 11.4 Å². The molecule has 1 N–H and O–H groups in total. The van der Waals surface area contributed by atoms with Crippen LogP contribution in [0.1, 0.15) is 10.4 Å². The maximum Gasteiger partial charge on any atom is 0.342 e. The number of rotatable bonds is 5. The van der Waals surface area contributed by atoms with E-state index in [0.29, 0.717) is 5.13 Å². The van der Waals surface area contributed by atoms with E-state index in [1.807, 2.05) is 0 Å². The molecule has 0 radical (unpaired) electrons. The monoisotopic (exact) mass is 378 g/mol. The first-order valence-electron chi connectivity index (χ1n) is 6.96. The van der Waals surface area contributed by atoms with Crippen LogP contribution in [-0.4, -0.2) is 19.3 Å². The standard InChI is InChI=1S/C16H11FN2O4S2/c17-12-6-2-4-8-14(12)25(21,22)23-13-7-3-1-5-11(13)15(20)19-16-18-9-10-24-16/h1-10H,(H,18,19,20). The molecule has 1 amide bonds. The van der Waals surface area contributed by atoms with Gasteiger partial charge in [-0.1, -0.05) is 24.3 Å². The summed E-state index contributed by atoms with van der Waals surface area (Å²) in [6, 6.07) is 10.6. The van der Waals surface area contributed by atoms with E-state index in [4.69, 9.17) is 4.18 Å². The van der Waals surface area contributed by atoms with Gasteiger partial charge in [-0.15, -0.1) is 11.3 Å². The van der Waals surface area contributed by atoms with Crippen LogP contribution in [0.25, 0.3) is 0 Å². The first-order chi connectivity index (χ1) is 12.0. The van der Waals surface area contributed by atoms with Gasteiger partial charge in [-0.05, 0) is 24.3 Å². The Balaban J connectivity index is 1.91. The van der Waals surface area contributed by atoms with Crippen molar-refractivity contribution in [3.05, 3.63) is 71.5 Å².